The normalized spacial score (nSPS) is 17.4. The molecule has 1 saturated carbocycles. The van der Waals surface area contributed by atoms with Crippen LogP contribution in [0.4, 0.5) is 32.2 Å². The molecule has 1 fully saturated rings. The third-order valence-corrected chi connectivity index (χ3v) is 3.32. The molecule has 1 aromatic rings. The molecule has 1 heterocycles. The van der Waals surface area contributed by atoms with Gasteiger partial charge < -0.3 is 11.1 Å². The van der Waals surface area contributed by atoms with Crippen molar-refractivity contribution >= 4 is 23.0 Å². The van der Waals surface area contributed by atoms with Gasteiger partial charge in [-0.3, -0.25) is 0 Å². The van der Waals surface area contributed by atoms with Crippen LogP contribution in [0, 0.1) is 0 Å². The first-order valence-corrected chi connectivity index (χ1v) is 6.10. The summed E-state index contributed by atoms with van der Waals surface area (Å²) in [6, 6.07) is 1.53. The van der Waals surface area contributed by atoms with Crippen molar-refractivity contribution in [1.29, 1.82) is 0 Å². The summed E-state index contributed by atoms with van der Waals surface area (Å²) in [5, 5.41) is 2.03. The number of nitrogens with zero attached hydrogens (tertiary/aromatic N) is 1. The lowest BCUT2D eigenvalue weighted by atomic mass is 10.2. The molecule has 3 nitrogen and oxygen atoms in total. The quantitative estimate of drug-likeness (QED) is 0.660. The molecule has 0 spiro atoms. The minimum atomic E-state index is -4.78. The van der Waals surface area contributed by atoms with Gasteiger partial charge in [-0.2, -0.15) is 26.3 Å². The van der Waals surface area contributed by atoms with Gasteiger partial charge in [0.25, 0.3) is 0 Å². The fourth-order valence-corrected chi connectivity index (χ4v) is 1.91. The molecule has 21 heavy (non-hydrogen) atoms. The molecule has 1 aliphatic carbocycles. The van der Waals surface area contributed by atoms with E-state index in [1.165, 1.54) is 0 Å². The predicted octanol–water partition coefficient (Wildman–Crippen LogP) is 3.24. The van der Waals surface area contributed by atoms with E-state index < -0.39 is 29.4 Å². The number of halogens is 6. The van der Waals surface area contributed by atoms with Crippen LogP contribution in [0.15, 0.2) is 12.1 Å². The number of thiocarbonyl (C=S) groups is 1. The van der Waals surface area contributed by atoms with Crippen molar-refractivity contribution < 1.29 is 26.3 Å². The van der Waals surface area contributed by atoms with E-state index in [4.69, 9.17) is 5.73 Å². The van der Waals surface area contributed by atoms with E-state index in [0.717, 1.165) is 6.07 Å². The van der Waals surface area contributed by atoms with E-state index in [-0.39, 0.29) is 23.4 Å². The van der Waals surface area contributed by atoms with Crippen LogP contribution in [0.25, 0.3) is 0 Å². The summed E-state index contributed by atoms with van der Waals surface area (Å²) in [4.78, 5) is 2.86. The number of nitrogens with two attached hydrogens (primary N) is 1. The monoisotopic (exact) mass is 329 g/mol. The van der Waals surface area contributed by atoms with Crippen LogP contribution in [0.1, 0.15) is 24.1 Å². The second-order valence-electron chi connectivity index (χ2n) is 4.66. The summed E-state index contributed by atoms with van der Waals surface area (Å²) >= 11 is 4.62. The molecule has 0 aliphatic heterocycles. The van der Waals surface area contributed by atoms with Crippen molar-refractivity contribution in [3.05, 3.63) is 23.4 Å². The third kappa shape index (κ3) is 3.04. The molecule has 0 saturated heterocycles. The molecule has 0 atom stereocenters. The predicted molar refractivity (Wildman–Crippen MR) is 66.8 cm³/mol. The molecule has 2 rings (SSSR count). The zero-order chi connectivity index (χ0) is 16.1. The van der Waals surface area contributed by atoms with E-state index in [1.807, 2.05) is 5.32 Å². The van der Waals surface area contributed by atoms with E-state index in [9.17, 15) is 26.3 Å². The fourth-order valence-electron chi connectivity index (χ4n) is 1.74. The molecule has 0 radical (unpaired) electrons. The largest absolute Gasteiger partial charge is 0.433 e. The Morgan fingerprint density at radius 3 is 2.14 bits per heavy atom. The second kappa shape index (κ2) is 4.72. The van der Waals surface area contributed by atoms with Gasteiger partial charge in [0.2, 0.25) is 0 Å². The first-order valence-electron chi connectivity index (χ1n) is 5.69. The van der Waals surface area contributed by atoms with Crippen molar-refractivity contribution in [3.8, 4) is 0 Å². The Kier molecular flexibility index (Phi) is 3.55. The van der Waals surface area contributed by atoms with Crippen LogP contribution in [0.3, 0.4) is 0 Å². The number of hydrogen-bond acceptors (Lipinski definition) is 3. The lowest BCUT2D eigenvalue weighted by molar-refractivity contribution is -0.151. The highest BCUT2D eigenvalue weighted by molar-refractivity contribution is 7.80. The van der Waals surface area contributed by atoms with Crippen molar-refractivity contribution in [2.45, 2.75) is 30.7 Å². The fraction of sp³-hybridized carbons (Fsp3) is 0.455. The first kappa shape index (κ1) is 15.8. The average molecular weight is 329 g/mol. The average Bonchev–Trinajstić information content (AvgIpc) is 3.07. The van der Waals surface area contributed by atoms with Crippen molar-refractivity contribution in [3.63, 3.8) is 0 Å². The van der Waals surface area contributed by atoms with Gasteiger partial charge in [0.05, 0.1) is 5.56 Å². The van der Waals surface area contributed by atoms with Gasteiger partial charge in [-0.1, -0.05) is 12.2 Å². The Morgan fingerprint density at radius 2 is 1.76 bits per heavy atom. The first-order chi connectivity index (χ1) is 9.46. The molecule has 1 aliphatic rings. The summed E-state index contributed by atoms with van der Waals surface area (Å²) < 4.78 is 76.4. The Morgan fingerprint density at radius 1 is 1.19 bits per heavy atom. The lowest BCUT2D eigenvalue weighted by Crippen LogP contribution is -2.39. The van der Waals surface area contributed by atoms with Gasteiger partial charge in [0.15, 0.2) is 0 Å². The summed E-state index contributed by atoms with van der Waals surface area (Å²) in [6.07, 6.45) is -9.87. The van der Waals surface area contributed by atoms with Gasteiger partial charge >= 0.3 is 12.4 Å². The molecule has 3 N–H and O–H groups in total. The van der Waals surface area contributed by atoms with E-state index in [1.54, 1.807) is 0 Å². The topological polar surface area (TPSA) is 50.9 Å². The number of anilines is 1. The molecule has 116 valence electrons. The number of hydrogen-bond donors (Lipinski definition) is 2. The highest BCUT2D eigenvalue weighted by Gasteiger charge is 2.64. The Hall–Kier alpha value is -1.58. The Balaban J connectivity index is 2.43. The summed E-state index contributed by atoms with van der Waals surface area (Å²) in [6.45, 7) is 0. The highest BCUT2D eigenvalue weighted by atomic mass is 32.1. The Bertz CT molecular complexity index is 576. The van der Waals surface area contributed by atoms with Crippen LogP contribution in [0.5, 0.6) is 0 Å². The summed E-state index contributed by atoms with van der Waals surface area (Å²) in [5.74, 6) is -0.604. The van der Waals surface area contributed by atoms with Gasteiger partial charge in [0, 0.05) is 0 Å². The summed E-state index contributed by atoms with van der Waals surface area (Å²) in [5.41, 5.74) is 1.58. The number of aromatic nitrogens is 1. The van der Waals surface area contributed by atoms with Crippen LogP contribution in [-0.4, -0.2) is 21.7 Å². The minimum absolute atomic E-state index is 0.159. The molecule has 1 aromatic heterocycles. The molecule has 0 amide bonds. The van der Waals surface area contributed by atoms with Crippen LogP contribution in [0.2, 0.25) is 0 Å². The lowest BCUT2D eigenvalue weighted by Gasteiger charge is -2.23. The van der Waals surface area contributed by atoms with E-state index in [0.29, 0.717) is 6.07 Å². The van der Waals surface area contributed by atoms with Crippen molar-refractivity contribution in [1.82, 2.24) is 4.98 Å². The van der Waals surface area contributed by atoms with Gasteiger partial charge in [-0.05, 0) is 25.0 Å². The number of nitrogens with one attached hydrogen (secondary N) is 1. The van der Waals surface area contributed by atoms with Crippen LogP contribution >= 0.6 is 12.2 Å². The zero-order valence-electron chi connectivity index (χ0n) is 10.3. The van der Waals surface area contributed by atoms with Gasteiger partial charge in [0.1, 0.15) is 22.0 Å². The van der Waals surface area contributed by atoms with Crippen molar-refractivity contribution in [2.24, 2.45) is 5.73 Å². The smallest absolute Gasteiger partial charge is 0.389 e. The number of rotatable bonds is 3. The molecule has 0 unspecified atom stereocenters. The zero-order valence-corrected chi connectivity index (χ0v) is 11.1. The maximum Gasteiger partial charge on any atom is 0.433 e. The molecule has 10 heteroatoms. The molecular formula is C11H9F6N3S. The third-order valence-electron chi connectivity index (χ3n) is 3.10. The molecule has 0 aromatic carbocycles. The van der Waals surface area contributed by atoms with Gasteiger partial charge in [-0.25, -0.2) is 4.98 Å². The summed E-state index contributed by atoms with van der Waals surface area (Å²) in [7, 11) is 0. The number of alkyl halides is 6. The Labute approximate surface area is 120 Å². The molecule has 0 bridgehead atoms. The maximum absolute atomic E-state index is 12.9. The second-order valence-corrected chi connectivity index (χ2v) is 5.10. The SMILES string of the molecule is NC(=S)c1ccc(C(F)(F)F)nc1NC1(C(F)(F)F)CC1. The molecular weight excluding hydrogens is 320 g/mol. The minimum Gasteiger partial charge on any atom is -0.389 e. The highest BCUT2D eigenvalue weighted by Crippen LogP contribution is 2.51. The van der Waals surface area contributed by atoms with E-state index in [2.05, 4.69) is 17.2 Å². The number of pyridine rings is 1. The standard InChI is InChI=1S/C11H9F6N3S/c12-10(13,14)6-2-1-5(7(18)21)8(19-6)20-9(3-4-9)11(15,16)17/h1-2H,3-4H2,(H2,18,21)(H,19,20). The van der Waals surface area contributed by atoms with Crippen molar-refractivity contribution in [2.75, 3.05) is 5.32 Å². The van der Waals surface area contributed by atoms with Crippen LogP contribution < -0.4 is 11.1 Å². The van der Waals surface area contributed by atoms with E-state index >= 15 is 0 Å². The maximum atomic E-state index is 12.9. The van der Waals surface area contributed by atoms with Crippen LogP contribution in [-0.2, 0) is 6.18 Å². The van der Waals surface area contributed by atoms with Gasteiger partial charge in [-0.15, -0.1) is 0 Å².